The van der Waals surface area contributed by atoms with Gasteiger partial charge < -0.3 is 14.8 Å². The van der Waals surface area contributed by atoms with Crippen molar-refractivity contribution in [3.8, 4) is 11.5 Å². The lowest BCUT2D eigenvalue weighted by atomic mass is 10.2. The summed E-state index contributed by atoms with van der Waals surface area (Å²) in [5, 5.41) is 2.64. The van der Waals surface area contributed by atoms with Gasteiger partial charge in [0.2, 0.25) is 20.0 Å². The Hall–Kier alpha value is -2.83. The molecular formula is C21H25N3O7S2. The number of rotatable bonds is 6. The minimum absolute atomic E-state index is 0.0353. The lowest BCUT2D eigenvalue weighted by molar-refractivity contribution is -0.122. The summed E-state index contributed by atoms with van der Waals surface area (Å²) in [6.45, 7) is 0.676. The van der Waals surface area contributed by atoms with Crippen LogP contribution in [0.15, 0.2) is 47.4 Å². The number of amides is 1. The van der Waals surface area contributed by atoms with E-state index in [1.807, 2.05) is 0 Å². The summed E-state index contributed by atoms with van der Waals surface area (Å²) < 4.78 is 64.1. The summed E-state index contributed by atoms with van der Waals surface area (Å²) in [6.07, 6.45) is 1.50. The second kappa shape index (κ2) is 8.84. The Morgan fingerprint density at radius 1 is 1.09 bits per heavy atom. The molecule has 1 amide bonds. The normalized spacial score (nSPS) is 19.0. The first-order chi connectivity index (χ1) is 15.6. The predicted molar refractivity (Wildman–Crippen MR) is 123 cm³/mol. The Kier molecular flexibility index (Phi) is 6.25. The molecule has 4 rings (SSSR count). The summed E-state index contributed by atoms with van der Waals surface area (Å²) in [5.41, 5.74) is 0.497. The third-order valence-corrected chi connectivity index (χ3v) is 8.60. The van der Waals surface area contributed by atoms with Gasteiger partial charge in [0, 0.05) is 13.1 Å². The van der Waals surface area contributed by atoms with Gasteiger partial charge in [-0.1, -0.05) is 12.1 Å². The van der Waals surface area contributed by atoms with Crippen LogP contribution in [0.2, 0.25) is 0 Å². The van der Waals surface area contributed by atoms with Crippen LogP contribution in [0.4, 0.5) is 11.4 Å². The second-order valence-electron chi connectivity index (χ2n) is 7.83. The van der Waals surface area contributed by atoms with Gasteiger partial charge in [-0.25, -0.2) is 16.8 Å². The molecule has 0 aliphatic carbocycles. The lowest BCUT2D eigenvalue weighted by Gasteiger charge is -2.33. The standard InChI is InChI=1S/C21H25N3O7S2/c1-30-18-10-9-15(33(28,29)23-11-5-6-12-23)13-16(18)22-21(25)20-14-24(32(2,26)27)17-7-3-4-8-19(17)31-20/h3-4,7-10,13,20H,5-6,11-12,14H2,1-2H3,(H,22,25)/t20-/m0/s1. The maximum atomic E-state index is 13.1. The van der Waals surface area contributed by atoms with E-state index in [0.717, 1.165) is 23.4 Å². The van der Waals surface area contributed by atoms with Crippen molar-refractivity contribution < 1.29 is 31.1 Å². The molecule has 1 fully saturated rings. The summed E-state index contributed by atoms with van der Waals surface area (Å²) in [6, 6.07) is 10.8. The quantitative estimate of drug-likeness (QED) is 0.646. The molecule has 1 N–H and O–H groups in total. The zero-order valence-electron chi connectivity index (χ0n) is 18.2. The molecule has 0 unspecified atom stereocenters. The molecule has 2 aliphatic heterocycles. The SMILES string of the molecule is COc1ccc(S(=O)(=O)N2CCCC2)cc1NC(=O)[C@@H]1CN(S(C)(=O)=O)c2ccccc2O1. The van der Waals surface area contributed by atoms with Crippen molar-refractivity contribution in [1.82, 2.24) is 4.31 Å². The van der Waals surface area contributed by atoms with E-state index in [-0.39, 0.29) is 28.6 Å². The minimum Gasteiger partial charge on any atom is -0.495 e. The van der Waals surface area contributed by atoms with Crippen LogP contribution in [0.5, 0.6) is 11.5 Å². The van der Waals surface area contributed by atoms with Crippen molar-refractivity contribution in [3.63, 3.8) is 0 Å². The van der Waals surface area contributed by atoms with E-state index < -0.39 is 32.1 Å². The van der Waals surface area contributed by atoms with Crippen LogP contribution in [0.25, 0.3) is 0 Å². The molecule has 1 saturated heterocycles. The molecule has 0 saturated carbocycles. The first kappa shape index (κ1) is 23.3. The Bertz CT molecular complexity index is 1270. The third-order valence-electron chi connectivity index (χ3n) is 5.56. The first-order valence-electron chi connectivity index (χ1n) is 10.3. The number of nitrogens with one attached hydrogen (secondary N) is 1. The smallest absolute Gasteiger partial charge is 0.267 e. The monoisotopic (exact) mass is 495 g/mol. The van der Waals surface area contributed by atoms with Gasteiger partial charge in [-0.15, -0.1) is 0 Å². The van der Waals surface area contributed by atoms with Gasteiger partial charge in [-0.2, -0.15) is 4.31 Å². The number of carbonyl (C=O) groups is 1. The van der Waals surface area contributed by atoms with Gasteiger partial charge in [-0.3, -0.25) is 9.10 Å². The Balaban J connectivity index is 1.62. The Morgan fingerprint density at radius 2 is 1.79 bits per heavy atom. The highest BCUT2D eigenvalue weighted by Crippen LogP contribution is 2.35. The van der Waals surface area contributed by atoms with E-state index in [0.29, 0.717) is 18.8 Å². The van der Waals surface area contributed by atoms with Crippen molar-refractivity contribution in [3.05, 3.63) is 42.5 Å². The molecule has 0 bridgehead atoms. The molecule has 2 heterocycles. The average Bonchev–Trinajstić information content (AvgIpc) is 3.33. The maximum Gasteiger partial charge on any atom is 0.267 e. The van der Waals surface area contributed by atoms with Crippen LogP contribution in [0.3, 0.4) is 0 Å². The van der Waals surface area contributed by atoms with Crippen LogP contribution in [0.1, 0.15) is 12.8 Å². The van der Waals surface area contributed by atoms with Gasteiger partial charge in [0.25, 0.3) is 5.91 Å². The van der Waals surface area contributed by atoms with E-state index in [4.69, 9.17) is 9.47 Å². The highest BCUT2D eigenvalue weighted by Gasteiger charge is 2.35. The third kappa shape index (κ3) is 4.63. The number of benzene rings is 2. The lowest BCUT2D eigenvalue weighted by Crippen LogP contribution is -2.48. The number of anilines is 2. The molecule has 2 aromatic carbocycles. The zero-order valence-corrected chi connectivity index (χ0v) is 19.9. The fourth-order valence-electron chi connectivity index (χ4n) is 3.89. The topological polar surface area (TPSA) is 122 Å². The number of nitrogens with zero attached hydrogens (tertiary/aromatic N) is 2. The first-order valence-corrected chi connectivity index (χ1v) is 13.6. The highest BCUT2D eigenvalue weighted by atomic mass is 32.2. The van der Waals surface area contributed by atoms with Gasteiger partial charge >= 0.3 is 0 Å². The van der Waals surface area contributed by atoms with Gasteiger partial charge in [0.15, 0.2) is 6.10 Å². The van der Waals surface area contributed by atoms with Crippen molar-refractivity contribution in [2.45, 2.75) is 23.8 Å². The molecule has 178 valence electrons. The van der Waals surface area contributed by atoms with E-state index >= 15 is 0 Å². The van der Waals surface area contributed by atoms with E-state index in [2.05, 4.69) is 5.32 Å². The number of methoxy groups -OCH3 is 1. The molecule has 12 heteroatoms. The fourth-order valence-corrected chi connectivity index (χ4v) is 6.35. The molecular weight excluding hydrogens is 470 g/mol. The number of hydrogen-bond donors (Lipinski definition) is 1. The largest absolute Gasteiger partial charge is 0.495 e. The van der Waals surface area contributed by atoms with Crippen LogP contribution in [-0.4, -0.2) is 66.2 Å². The molecule has 2 aliphatic rings. The number of sulfonamides is 2. The van der Waals surface area contributed by atoms with Crippen LogP contribution < -0.4 is 19.1 Å². The number of hydrogen-bond acceptors (Lipinski definition) is 7. The van der Waals surface area contributed by atoms with Crippen molar-refractivity contribution >= 4 is 37.3 Å². The van der Waals surface area contributed by atoms with Crippen LogP contribution >= 0.6 is 0 Å². The Labute approximate surface area is 193 Å². The van der Waals surface area contributed by atoms with E-state index in [1.165, 1.54) is 29.6 Å². The number of ether oxygens (including phenoxy) is 2. The highest BCUT2D eigenvalue weighted by molar-refractivity contribution is 7.92. The number of fused-ring (bicyclic) bond motifs is 1. The maximum absolute atomic E-state index is 13.1. The zero-order chi connectivity index (χ0) is 23.8. The molecule has 10 nitrogen and oxygen atoms in total. The molecule has 0 aromatic heterocycles. The molecule has 2 aromatic rings. The number of para-hydroxylation sites is 2. The van der Waals surface area contributed by atoms with Gasteiger partial charge in [0.1, 0.15) is 11.5 Å². The summed E-state index contributed by atoms with van der Waals surface area (Å²) in [7, 11) is -5.97. The van der Waals surface area contributed by atoms with Crippen LogP contribution in [-0.2, 0) is 24.8 Å². The Morgan fingerprint density at radius 3 is 2.45 bits per heavy atom. The van der Waals surface area contributed by atoms with Crippen molar-refractivity contribution in [1.29, 1.82) is 0 Å². The summed E-state index contributed by atoms with van der Waals surface area (Å²) in [5.74, 6) is -0.112. The van der Waals surface area contributed by atoms with E-state index in [1.54, 1.807) is 24.3 Å². The molecule has 1 atom stereocenters. The summed E-state index contributed by atoms with van der Waals surface area (Å²) in [4.78, 5) is 13.1. The van der Waals surface area contributed by atoms with Crippen LogP contribution in [0, 0.1) is 0 Å². The summed E-state index contributed by atoms with van der Waals surface area (Å²) >= 11 is 0. The van der Waals surface area contributed by atoms with E-state index in [9.17, 15) is 21.6 Å². The van der Waals surface area contributed by atoms with Gasteiger partial charge in [0.05, 0.1) is 36.2 Å². The average molecular weight is 496 g/mol. The number of carbonyl (C=O) groups excluding carboxylic acids is 1. The minimum atomic E-state index is -3.71. The predicted octanol–water partition coefficient (Wildman–Crippen LogP) is 1.65. The fraction of sp³-hybridized carbons (Fsp3) is 0.381. The van der Waals surface area contributed by atoms with Crippen molar-refractivity contribution in [2.75, 3.05) is 42.6 Å². The second-order valence-corrected chi connectivity index (χ2v) is 11.7. The molecule has 0 radical (unpaired) electrons. The molecule has 33 heavy (non-hydrogen) atoms. The van der Waals surface area contributed by atoms with Gasteiger partial charge in [-0.05, 0) is 43.2 Å². The van der Waals surface area contributed by atoms with Crippen molar-refractivity contribution in [2.24, 2.45) is 0 Å². The molecule has 0 spiro atoms.